The highest BCUT2D eigenvalue weighted by Gasteiger charge is 2.23. The van der Waals surface area contributed by atoms with Crippen LogP contribution < -0.4 is 25.1 Å². The molecule has 0 aliphatic heterocycles. The second-order valence-electron chi connectivity index (χ2n) is 7.42. The number of thioether (sulfide) groups is 1. The van der Waals surface area contributed by atoms with Gasteiger partial charge in [0.15, 0.2) is 5.16 Å². The summed E-state index contributed by atoms with van der Waals surface area (Å²) in [5.74, 6) is 1.53. The molecule has 0 unspecified atom stereocenters. The third kappa shape index (κ3) is 4.94. The van der Waals surface area contributed by atoms with Crippen LogP contribution in [0.3, 0.4) is 0 Å². The van der Waals surface area contributed by atoms with Crippen molar-refractivity contribution in [2.45, 2.75) is 23.8 Å². The maximum Gasteiger partial charge on any atom is 0.300 e. The van der Waals surface area contributed by atoms with Crippen LogP contribution in [0, 0.1) is 0 Å². The van der Waals surface area contributed by atoms with Crippen molar-refractivity contribution in [1.29, 1.82) is 0 Å². The molecular weight excluding hydrogens is 470 g/mol. The molecule has 0 bridgehead atoms. The summed E-state index contributed by atoms with van der Waals surface area (Å²) >= 11 is 1.23. The van der Waals surface area contributed by atoms with E-state index in [2.05, 4.69) is 15.5 Å². The average Bonchev–Trinajstić information content (AvgIpc) is 3.31. The number of rotatable bonds is 9. The lowest BCUT2D eigenvalue weighted by atomic mass is 10.2. The molecule has 0 saturated carbocycles. The van der Waals surface area contributed by atoms with Gasteiger partial charge in [-0.15, -0.1) is 10.2 Å². The molecule has 1 atom stereocenters. The quantitative estimate of drug-likeness (QED) is 0.352. The largest absolute Gasteiger partial charge is 0.497 e. The van der Waals surface area contributed by atoms with Crippen LogP contribution in [0.2, 0.25) is 0 Å². The predicted octanol–water partition coefficient (Wildman–Crippen LogP) is 3.42. The fraction of sp³-hybridized carbons (Fsp3) is 0.250. The van der Waals surface area contributed by atoms with Gasteiger partial charge in [0.25, 0.3) is 0 Å². The summed E-state index contributed by atoms with van der Waals surface area (Å²) in [6.07, 6.45) is 3.88. The fourth-order valence-corrected chi connectivity index (χ4v) is 4.41. The topological polar surface area (TPSA) is 109 Å². The van der Waals surface area contributed by atoms with E-state index in [-0.39, 0.29) is 17.1 Å². The number of anilines is 1. The first-order valence-corrected chi connectivity index (χ1v) is 11.7. The molecule has 2 aromatic carbocycles. The smallest absolute Gasteiger partial charge is 0.300 e. The third-order valence-electron chi connectivity index (χ3n) is 5.35. The summed E-state index contributed by atoms with van der Waals surface area (Å²) in [5.41, 5.74) is 1.00. The van der Waals surface area contributed by atoms with E-state index in [9.17, 15) is 9.59 Å². The lowest BCUT2D eigenvalue weighted by Crippen LogP contribution is -2.25. The van der Waals surface area contributed by atoms with E-state index >= 15 is 0 Å². The van der Waals surface area contributed by atoms with Crippen molar-refractivity contribution in [2.75, 3.05) is 26.6 Å². The third-order valence-corrected chi connectivity index (χ3v) is 6.67. The summed E-state index contributed by atoms with van der Waals surface area (Å²) in [6, 6.07) is 12.3. The Labute approximate surface area is 205 Å². The molecule has 4 aromatic rings. The highest BCUT2D eigenvalue weighted by molar-refractivity contribution is 8.00. The van der Waals surface area contributed by atoms with E-state index in [1.54, 1.807) is 73.5 Å². The van der Waals surface area contributed by atoms with E-state index in [0.29, 0.717) is 40.2 Å². The standard InChI is InChI=1S/C24H25N5O5S/c1-5-20(22(30)25-18-10-9-17(33-3)14-19(18)34-4)35-24-27-26-21-23(31)28(11-12-29(21)24)15-7-6-8-16(13-15)32-2/h6-14,20H,5H2,1-4H3,(H,25,30)/t20-/m1/s1. The van der Waals surface area contributed by atoms with Gasteiger partial charge in [0.2, 0.25) is 11.6 Å². The monoisotopic (exact) mass is 495 g/mol. The molecule has 0 aliphatic carbocycles. The van der Waals surface area contributed by atoms with Crippen molar-refractivity contribution in [3.63, 3.8) is 0 Å². The van der Waals surface area contributed by atoms with Crippen molar-refractivity contribution in [2.24, 2.45) is 0 Å². The number of benzene rings is 2. The average molecular weight is 496 g/mol. The zero-order chi connectivity index (χ0) is 24.9. The number of nitrogens with zero attached hydrogens (tertiary/aromatic N) is 4. The molecular formula is C24H25N5O5S. The van der Waals surface area contributed by atoms with E-state index < -0.39 is 5.25 Å². The number of hydrogen-bond donors (Lipinski definition) is 1. The van der Waals surface area contributed by atoms with Crippen molar-refractivity contribution >= 4 is 29.0 Å². The van der Waals surface area contributed by atoms with Gasteiger partial charge < -0.3 is 19.5 Å². The van der Waals surface area contributed by atoms with Crippen molar-refractivity contribution in [3.05, 3.63) is 65.2 Å². The minimum absolute atomic E-state index is 0.157. The SMILES string of the molecule is CC[C@@H](Sc1nnc2c(=O)n(-c3cccc(OC)c3)ccn12)C(=O)Nc1ccc(OC)cc1OC. The molecule has 2 heterocycles. The zero-order valence-electron chi connectivity index (χ0n) is 19.7. The lowest BCUT2D eigenvalue weighted by Gasteiger charge is -2.16. The van der Waals surface area contributed by atoms with Gasteiger partial charge in [0.1, 0.15) is 17.2 Å². The number of aromatic nitrogens is 4. The first-order valence-electron chi connectivity index (χ1n) is 10.8. The molecule has 0 spiro atoms. The molecule has 35 heavy (non-hydrogen) atoms. The van der Waals surface area contributed by atoms with Crippen LogP contribution in [0.1, 0.15) is 13.3 Å². The number of methoxy groups -OCH3 is 3. The van der Waals surface area contributed by atoms with Crippen LogP contribution in [0.15, 0.2) is 64.8 Å². The van der Waals surface area contributed by atoms with Crippen molar-refractivity contribution in [3.8, 4) is 22.9 Å². The maximum atomic E-state index is 13.1. The molecule has 10 nitrogen and oxygen atoms in total. The summed E-state index contributed by atoms with van der Waals surface area (Å²) in [5, 5.41) is 11.1. The van der Waals surface area contributed by atoms with Gasteiger partial charge in [-0.1, -0.05) is 24.8 Å². The Bertz CT molecular complexity index is 1420. The number of carbonyl (C=O) groups excluding carboxylic acids is 1. The Kier molecular flexibility index (Phi) is 7.25. The number of nitrogens with one attached hydrogen (secondary N) is 1. The van der Waals surface area contributed by atoms with E-state index in [0.717, 1.165) is 0 Å². The molecule has 4 rings (SSSR count). The van der Waals surface area contributed by atoms with Gasteiger partial charge in [-0.3, -0.25) is 18.6 Å². The number of amides is 1. The Morgan fingerprint density at radius 3 is 2.51 bits per heavy atom. The molecule has 0 fully saturated rings. The Balaban J connectivity index is 1.58. The van der Waals surface area contributed by atoms with E-state index in [4.69, 9.17) is 14.2 Å². The molecule has 1 N–H and O–H groups in total. The van der Waals surface area contributed by atoms with Crippen molar-refractivity contribution in [1.82, 2.24) is 19.2 Å². The van der Waals surface area contributed by atoms with Gasteiger partial charge in [-0.2, -0.15) is 0 Å². The highest BCUT2D eigenvalue weighted by atomic mass is 32.2. The molecule has 0 aliphatic rings. The normalized spacial score (nSPS) is 11.8. The van der Waals surface area contributed by atoms with E-state index in [1.807, 2.05) is 6.92 Å². The minimum atomic E-state index is -0.477. The first-order chi connectivity index (χ1) is 17.0. The van der Waals surface area contributed by atoms with Gasteiger partial charge in [-0.05, 0) is 30.7 Å². The van der Waals surface area contributed by atoms with Crippen LogP contribution in [-0.4, -0.2) is 51.7 Å². The van der Waals surface area contributed by atoms with E-state index in [1.165, 1.54) is 23.4 Å². The molecule has 1 amide bonds. The van der Waals surface area contributed by atoms with Crippen LogP contribution in [0.4, 0.5) is 5.69 Å². The maximum absolute atomic E-state index is 13.1. The number of ether oxygens (including phenoxy) is 3. The number of hydrogen-bond acceptors (Lipinski definition) is 8. The number of fused-ring (bicyclic) bond motifs is 1. The molecule has 0 saturated heterocycles. The molecule has 11 heteroatoms. The summed E-state index contributed by atoms with van der Waals surface area (Å²) in [6.45, 7) is 1.90. The number of carbonyl (C=O) groups is 1. The zero-order valence-corrected chi connectivity index (χ0v) is 20.5. The molecule has 182 valence electrons. The first kappa shape index (κ1) is 24.1. The Hall–Kier alpha value is -3.99. The second-order valence-corrected chi connectivity index (χ2v) is 8.59. The summed E-state index contributed by atoms with van der Waals surface area (Å²) in [7, 11) is 4.65. The van der Waals surface area contributed by atoms with Crippen LogP contribution >= 0.6 is 11.8 Å². The molecule has 2 aromatic heterocycles. The summed E-state index contributed by atoms with van der Waals surface area (Å²) < 4.78 is 18.9. The summed E-state index contributed by atoms with van der Waals surface area (Å²) in [4.78, 5) is 26.1. The fourth-order valence-electron chi connectivity index (χ4n) is 3.47. The Morgan fingerprint density at radius 2 is 1.80 bits per heavy atom. The van der Waals surface area contributed by atoms with Gasteiger partial charge >= 0.3 is 5.56 Å². The van der Waals surface area contributed by atoms with Crippen LogP contribution in [-0.2, 0) is 4.79 Å². The van der Waals surface area contributed by atoms with Gasteiger partial charge in [0, 0.05) is 24.5 Å². The van der Waals surface area contributed by atoms with Crippen molar-refractivity contribution < 1.29 is 19.0 Å². The Morgan fingerprint density at radius 1 is 1.03 bits per heavy atom. The highest BCUT2D eigenvalue weighted by Crippen LogP contribution is 2.31. The van der Waals surface area contributed by atoms with Gasteiger partial charge in [0.05, 0.1) is 38.0 Å². The predicted molar refractivity (Wildman–Crippen MR) is 133 cm³/mol. The minimum Gasteiger partial charge on any atom is -0.497 e. The van der Waals surface area contributed by atoms with Crippen LogP contribution in [0.5, 0.6) is 17.2 Å². The lowest BCUT2D eigenvalue weighted by molar-refractivity contribution is -0.115. The van der Waals surface area contributed by atoms with Crippen LogP contribution in [0.25, 0.3) is 11.3 Å². The molecule has 0 radical (unpaired) electrons. The van der Waals surface area contributed by atoms with Gasteiger partial charge in [-0.25, -0.2) is 0 Å². The second kappa shape index (κ2) is 10.5.